The van der Waals surface area contributed by atoms with Crippen LogP contribution in [0.2, 0.25) is 0 Å². The van der Waals surface area contributed by atoms with E-state index in [4.69, 9.17) is 0 Å². The highest BCUT2D eigenvalue weighted by molar-refractivity contribution is 9.10. The van der Waals surface area contributed by atoms with E-state index in [2.05, 4.69) is 53.2 Å². The quantitative estimate of drug-likeness (QED) is 0.790. The largest absolute Gasteiger partial charge is 0.372 e. The molecule has 3 nitrogen and oxygen atoms in total. The van der Waals surface area contributed by atoms with Crippen LogP contribution in [0.25, 0.3) is 0 Å². The van der Waals surface area contributed by atoms with Crippen LogP contribution >= 0.6 is 43.6 Å². The third kappa shape index (κ3) is 3.46. The summed E-state index contributed by atoms with van der Waals surface area (Å²) in [6.07, 6.45) is 1.77. The highest BCUT2D eigenvalue weighted by Gasteiger charge is 2.05. The van der Waals surface area contributed by atoms with Gasteiger partial charge in [0.25, 0.3) is 0 Å². The standard InChI is InChI=1S/C12H11Br2N3S/c1-15-12-9(14)6-16-11(17-12)7-18-10-5-3-2-4-8(10)13/h2-6H,7H2,1H3,(H,15,16,17). The van der Waals surface area contributed by atoms with Gasteiger partial charge in [-0.05, 0) is 44.0 Å². The Bertz CT molecular complexity index is 549. The molecule has 6 heteroatoms. The van der Waals surface area contributed by atoms with Gasteiger partial charge in [0, 0.05) is 22.6 Å². The first-order valence-corrected chi connectivity index (χ1v) is 7.84. The minimum absolute atomic E-state index is 0.741. The van der Waals surface area contributed by atoms with Gasteiger partial charge in [-0.25, -0.2) is 9.97 Å². The van der Waals surface area contributed by atoms with Crippen molar-refractivity contribution in [1.29, 1.82) is 0 Å². The molecule has 18 heavy (non-hydrogen) atoms. The molecule has 0 atom stereocenters. The lowest BCUT2D eigenvalue weighted by atomic mass is 10.4. The Hall–Kier alpha value is -0.590. The van der Waals surface area contributed by atoms with Crippen molar-refractivity contribution in [3.63, 3.8) is 0 Å². The fourth-order valence-corrected chi connectivity index (χ4v) is 3.17. The van der Waals surface area contributed by atoms with E-state index in [0.29, 0.717) is 0 Å². The van der Waals surface area contributed by atoms with Crippen LogP contribution in [-0.4, -0.2) is 17.0 Å². The van der Waals surface area contributed by atoms with Gasteiger partial charge in [0.15, 0.2) is 0 Å². The average Bonchev–Trinajstić information content (AvgIpc) is 2.39. The molecule has 0 bridgehead atoms. The SMILES string of the molecule is CNc1nc(CSc2ccccc2Br)ncc1Br. The number of nitrogens with zero attached hydrogens (tertiary/aromatic N) is 2. The fraction of sp³-hybridized carbons (Fsp3) is 0.167. The molecular weight excluding hydrogens is 378 g/mol. The lowest BCUT2D eigenvalue weighted by Crippen LogP contribution is -1.99. The molecule has 2 aromatic rings. The second-order valence-corrected chi connectivity index (χ2v) is 6.18. The van der Waals surface area contributed by atoms with E-state index >= 15 is 0 Å². The van der Waals surface area contributed by atoms with E-state index in [1.54, 1.807) is 18.0 Å². The highest BCUT2D eigenvalue weighted by Crippen LogP contribution is 2.29. The van der Waals surface area contributed by atoms with Gasteiger partial charge in [-0.15, -0.1) is 11.8 Å². The van der Waals surface area contributed by atoms with Crippen LogP contribution in [0.4, 0.5) is 5.82 Å². The molecule has 0 amide bonds. The molecule has 0 radical (unpaired) electrons. The molecule has 0 aliphatic carbocycles. The van der Waals surface area contributed by atoms with Crippen molar-refractivity contribution in [2.75, 3.05) is 12.4 Å². The van der Waals surface area contributed by atoms with Gasteiger partial charge >= 0.3 is 0 Å². The van der Waals surface area contributed by atoms with Crippen molar-refractivity contribution < 1.29 is 0 Å². The van der Waals surface area contributed by atoms with E-state index in [-0.39, 0.29) is 0 Å². The lowest BCUT2D eigenvalue weighted by Gasteiger charge is -2.06. The molecule has 1 aromatic carbocycles. The molecule has 1 aromatic heterocycles. The van der Waals surface area contributed by atoms with Crippen molar-refractivity contribution in [2.24, 2.45) is 0 Å². The zero-order valence-electron chi connectivity index (χ0n) is 9.65. The van der Waals surface area contributed by atoms with Crippen LogP contribution in [-0.2, 0) is 5.75 Å². The summed E-state index contributed by atoms with van der Waals surface area (Å²) in [5.41, 5.74) is 0. The van der Waals surface area contributed by atoms with Gasteiger partial charge in [-0.1, -0.05) is 12.1 Å². The maximum Gasteiger partial charge on any atom is 0.143 e. The molecular formula is C12H11Br2N3S. The molecule has 0 aliphatic rings. The molecule has 0 spiro atoms. The van der Waals surface area contributed by atoms with Crippen molar-refractivity contribution in [1.82, 2.24) is 9.97 Å². The number of aromatic nitrogens is 2. The Morgan fingerprint density at radius 2 is 2.00 bits per heavy atom. The van der Waals surface area contributed by atoms with Gasteiger partial charge in [0.2, 0.25) is 0 Å². The number of benzene rings is 1. The summed E-state index contributed by atoms with van der Waals surface area (Å²) >= 11 is 8.63. The van der Waals surface area contributed by atoms with Gasteiger partial charge in [0.05, 0.1) is 10.2 Å². The summed E-state index contributed by atoms with van der Waals surface area (Å²) in [5.74, 6) is 2.36. The van der Waals surface area contributed by atoms with Crippen LogP contribution in [0, 0.1) is 0 Å². The van der Waals surface area contributed by atoms with Gasteiger partial charge < -0.3 is 5.32 Å². The molecule has 94 valence electrons. The van der Waals surface area contributed by atoms with E-state index in [0.717, 1.165) is 26.3 Å². The van der Waals surface area contributed by atoms with Gasteiger partial charge in [-0.3, -0.25) is 0 Å². The number of rotatable bonds is 4. The summed E-state index contributed by atoms with van der Waals surface area (Å²) in [6, 6.07) is 8.13. The zero-order valence-corrected chi connectivity index (χ0v) is 13.6. The van der Waals surface area contributed by atoms with E-state index in [1.807, 2.05) is 25.2 Å². The Morgan fingerprint density at radius 3 is 2.72 bits per heavy atom. The normalized spacial score (nSPS) is 10.4. The summed E-state index contributed by atoms with van der Waals surface area (Å²) in [4.78, 5) is 9.92. The van der Waals surface area contributed by atoms with Crippen LogP contribution < -0.4 is 5.32 Å². The van der Waals surface area contributed by atoms with Crippen molar-refractivity contribution in [2.45, 2.75) is 10.6 Å². The van der Waals surface area contributed by atoms with Crippen molar-refractivity contribution in [3.8, 4) is 0 Å². The average molecular weight is 389 g/mol. The highest BCUT2D eigenvalue weighted by atomic mass is 79.9. The first-order chi connectivity index (χ1) is 8.70. The second kappa shape index (κ2) is 6.54. The number of hydrogen-bond donors (Lipinski definition) is 1. The molecule has 1 heterocycles. The summed E-state index contributed by atoms with van der Waals surface area (Å²) < 4.78 is 1.97. The number of hydrogen-bond acceptors (Lipinski definition) is 4. The monoisotopic (exact) mass is 387 g/mol. The Balaban J connectivity index is 2.09. The first kappa shape index (κ1) is 13.8. The smallest absolute Gasteiger partial charge is 0.143 e. The molecule has 0 fully saturated rings. The first-order valence-electron chi connectivity index (χ1n) is 5.27. The van der Waals surface area contributed by atoms with E-state index in [9.17, 15) is 0 Å². The van der Waals surface area contributed by atoms with E-state index < -0.39 is 0 Å². The van der Waals surface area contributed by atoms with Gasteiger partial charge in [0.1, 0.15) is 11.6 Å². The van der Waals surface area contributed by atoms with Crippen LogP contribution in [0.1, 0.15) is 5.82 Å². The predicted molar refractivity (Wildman–Crippen MR) is 83.0 cm³/mol. The maximum atomic E-state index is 4.43. The van der Waals surface area contributed by atoms with Crippen LogP contribution in [0.5, 0.6) is 0 Å². The Kier molecular flexibility index (Phi) is 5.03. The lowest BCUT2D eigenvalue weighted by molar-refractivity contribution is 1.02. The number of thioether (sulfide) groups is 1. The minimum Gasteiger partial charge on any atom is -0.372 e. The summed E-state index contributed by atoms with van der Waals surface area (Å²) in [6.45, 7) is 0. The van der Waals surface area contributed by atoms with Crippen LogP contribution in [0.15, 0.2) is 44.3 Å². The minimum atomic E-state index is 0.741. The Morgan fingerprint density at radius 1 is 1.22 bits per heavy atom. The van der Waals surface area contributed by atoms with Crippen molar-refractivity contribution >= 4 is 49.4 Å². The summed E-state index contributed by atoms with van der Waals surface area (Å²) in [5, 5.41) is 3.03. The predicted octanol–water partition coefficient (Wildman–Crippen LogP) is 4.34. The van der Waals surface area contributed by atoms with Crippen LogP contribution in [0.3, 0.4) is 0 Å². The molecule has 0 unspecified atom stereocenters. The number of nitrogens with one attached hydrogen (secondary N) is 1. The third-order valence-electron chi connectivity index (χ3n) is 2.22. The molecule has 0 aliphatic heterocycles. The molecule has 0 saturated heterocycles. The van der Waals surface area contributed by atoms with Gasteiger partial charge in [-0.2, -0.15) is 0 Å². The number of halogens is 2. The van der Waals surface area contributed by atoms with Crippen molar-refractivity contribution in [3.05, 3.63) is 45.2 Å². The fourth-order valence-electron chi connectivity index (χ4n) is 1.35. The van der Waals surface area contributed by atoms with E-state index in [1.165, 1.54) is 4.90 Å². The summed E-state index contributed by atoms with van der Waals surface area (Å²) in [7, 11) is 1.85. The topological polar surface area (TPSA) is 37.8 Å². The molecule has 0 saturated carbocycles. The third-order valence-corrected chi connectivity index (χ3v) is 4.83. The molecule has 2 rings (SSSR count). The zero-order chi connectivity index (χ0) is 13.0. The molecule has 1 N–H and O–H groups in total. The second-order valence-electron chi connectivity index (χ2n) is 3.45. The maximum absolute atomic E-state index is 4.43. The Labute approximate surface area is 127 Å². The number of anilines is 1.